The number of nitrogens with zero attached hydrogens (tertiary/aromatic N) is 2. The van der Waals surface area contributed by atoms with E-state index in [1.165, 1.54) is 0 Å². The molecule has 2 rings (SSSR count). The summed E-state index contributed by atoms with van der Waals surface area (Å²) >= 11 is 3.28. The minimum Gasteiger partial charge on any atom is -0.476 e. The molecule has 0 saturated heterocycles. The lowest BCUT2D eigenvalue weighted by molar-refractivity contribution is 0.0688. The van der Waals surface area contributed by atoms with Crippen molar-refractivity contribution in [1.82, 2.24) is 14.8 Å². The van der Waals surface area contributed by atoms with E-state index < -0.39 is 5.97 Å². The summed E-state index contributed by atoms with van der Waals surface area (Å²) in [7, 11) is 0. The second-order valence-electron chi connectivity index (χ2n) is 3.22. The lowest BCUT2D eigenvalue weighted by Crippen LogP contribution is -2.02. The number of carboxylic acid groups (broad SMARTS) is 1. The molecule has 6 heteroatoms. The Morgan fingerprint density at radius 2 is 2.44 bits per heavy atom. The number of carbonyl (C=O) groups is 1. The van der Waals surface area contributed by atoms with Gasteiger partial charge in [0.25, 0.3) is 0 Å². The summed E-state index contributed by atoms with van der Waals surface area (Å²) in [5.41, 5.74) is 1.63. The summed E-state index contributed by atoms with van der Waals surface area (Å²) in [6, 6.07) is 3.73. The molecule has 2 aromatic heterocycles. The van der Waals surface area contributed by atoms with E-state index in [0.29, 0.717) is 11.0 Å². The molecule has 16 heavy (non-hydrogen) atoms. The van der Waals surface area contributed by atoms with Crippen molar-refractivity contribution in [3.8, 4) is 11.4 Å². The normalized spacial score (nSPS) is 10.6. The van der Waals surface area contributed by atoms with Crippen LogP contribution in [0.4, 0.5) is 0 Å². The maximum Gasteiger partial charge on any atom is 0.357 e. The average molecular weight is 284 g/mol. The van der Waals surface area contributed by atoms with E-state index in [1.807, 2.05) is 19.1 Å². The zero-order valence-electron chi connectivity index (χ0n) is 8.57. The average Bonchev–Trinajstić information content (AvgIpc) is 2.83. The van der Waals surface area contributed by atoms with Gasteiger partial charge in [-0.15, -0.1) is 0 Å². The number of carboxylic acids is 1. The van der Waals surface area contributed by atoms with Crippen molar-refractivity contribution in [3.05, 3.63) is 28.5 Å². The van der Waals surface area contributed by atoms with Crippen molar-refractivity contribution >= 4 is 21.9 Å². The maximum absolute atomic E-state index is 11.0. The lowest BCUT2D eigenvalue weighted by atomic mass is 10.3. The Hall–Kier alpha value is -1.56. The van der Waals surface area contributed by atoms with Gasteiger partial charge in [0.1, 0.15) is 0 Å². The molecule has 0 bridgehead atoms. The fourth-order valence-corrected chi connectivity index (χ4v) is 2.21. The van der Waals surface area contributed by atoms with Gasteiger partial charge < -0.3 is 10.1 Å². The van der Waals surface area contributed by atoms with Crippen molar-refractivity contribution < 1.29 is 9.90 Å². The predicted octanol–water partition coefficient (Wildman–Crippen LogP) is 2.36. The zero-order chi connectivity index (χ0) is 11.7. The highest BCUT2D eigenvalue weighted by Crippen LogP contribution is 2.30. The van der Waals surface area contributed by atoms with Crippen LogP contribution in [0.3, 0.4) is 0 Å². The number of hydrogen-bond acceptors (Lipinski definition) is 2. The van der Waals surface area contributed by atoms with Crippen LogP contribution in [0.5, 0.6) is 0 Å². The van der Waals surface area contributed by atoms with Crippen molar-refractivity contribution in [2.24, 2.45) is 0 Å². The highest BCUT2D eigenvalue weighted by atomic mass is 79.9. The lowest BCUT2D eigenvalue weighted by Gasteiger charge is -2.02. The SMILES string of the molecule is CCn1nc(C(=O)O)c(Br)c1-c1ccc[nH]1. The van der Waals surface area contributed by atoms with E-state index in [2.05, 4.69) is 26.0 Å². The Labute approximate surface area is 100 Å². The zero-order valence-corrected chi connectivity index (χ0v) is 10.2. The molecule has 2 aromatic rings. The maximum atomic E-state index is 11.0. The molecule has 0 spiro atoms. The number of hydrogen-bond donors (Lipinski definition) is 2. The smallest absolute Gasteiger partial charge is 0.357 e. The molecule has 0 aromatic carbocycles. The number of aromatic amines is 1. The minimum atomic E-state index is -1.04. The molecule has 5 nitrogen and oxygen atoms in total. The molecule has 0 aliphatic rings. The molecular weight excluding hydrogens is 274 g/mol. The quantitative estimate of drug-likeness (QED) is 0.908. The molecule has 0 radical (unpaired) electrons. The monoisotopic (exact) mass is 283 g/mol. The standard InChI is InChI=1S/C10H10BrN3O2/c1-2-14-9(6-4-3-5-12-6)7(11)8(13-14)10(15)16/h3-5,12H,2H2,1H3,(H,15,16). The van der Waals surface area contributed by atoms with E-state index in [1.54, 1.807) is 10.9 Å². The third kappa shape index (κ3) is 1.65. The van der Waals surface area contributed by atoms with Crippen LogP contribution >= 0.6 is 15.9 Å². The third-order valence-electron chi connectivity index (χ3n) is 2.25. The molecule has 0 aliphatic carbocycles. The van der Waals surface area contributed by atoms with Gasteiger partial charge in [0.2, 0.25) is 0 Å². The van der Waals surface area contributed by atoms with E-state index in [0.717, 1.165) is 11.4 Å². The summed E-state index contributed by atoms with van der Waals surface area (Å²) in [4.78, 5) is 14.0. The first kappa shape index (κ1) is 10.9. The van der Waals surface area contributed by atoms with Crippen LogP contribution in [0, 0.1) is 0 Å². The number of aryl methyl sites for hydroxylation is 1. The molecule has 2 heterocycles. The number of rotatable bonds is 3. The second kappa shape index (κ2) is 4.13. The van der Waals surface area contributed by atoms with Gasteiger partial charge in [-0.1, -0.05) is 0 Å². The Bertz CT molecular complexity index is 516. The summed E-state index contributed by atoms with van der Waals surface area (Å²) in [6.45, 7) is 2.53. The van der Waals surface area contributed by atoms with Crippen LogP contribution in [-0.4, -0.2) is 25.8 Å². The molecule has 0 atom stereocenters. The fourth-order valence-electron chi connectivity index (χ4n) is 1.54. The Balaban J connectivity index is 2.64. The number of halogens is 1. The van der Waals surface area contributed by atoms with Gasteiger partial charge in [0, 0.05) is 12.7 Å². The van der Waals surface area contributed by atoms with Gasteiger partial charge in [-0.05, 0) is 35.0 Å². The van der Waals surface area contributed by atoms with Crippen LogP contribution in [0.25, 0.3) is 11.4 Å². The first-order valence-electron chi connectivity index (χ1n) is 4.78. The van der Waals surface area contributed by atoms with E-state index >= 15 is 0 Å². The Morgan fingerprint density at radius 1 is 1.69 bits per heavy atom. The van der Waals surface area contributed by atoms with E-state index in [9.17, 15) is 4.79 Å². The van der Waals surface area contributed by atoms with Crippen LogP contribution in [-0.2, 0) is 6.54 Å². The fraction of sp³-hybridized carbons (Fsp3) is 0.200. The number of aromatic nitrogens is 3. The number of nitrogens with one attached hydrogen (secondary N) is 1. The van der Waals surface area contributed by atoms with Crippen molar-refractivity contribution in [3.63, 3.8) is 0 Å². The largest absolute Gasteiger partial charge is 0.476 e. The molecule has 0 saturated carbocycles. The highest BCUT2D eigenvalue weighted by Gasteiger charge is 2.21. The topological polar surface area (TPSA) is 70.9 Å². The molecule has 84 valence electrons. The van der Waals surface area contributed by atoms with Gasteiger partial charge in [-0.3, -0.25) is 4.68 Å². The Kier molecular flexibility index (Phi) is 2.82. The first-order chi connectivity index (χ1) is 7.65. The van der Waals surface area contributed by atoms with Gasteiger partial charge in [0.05, 0.1) is 15.9 Å². The van der Waals surface area contributed by atoms with E-state index in [4.69, 9.17) is 5.11 Å². The predicted molar refractivity (Wildman–Crippen MR) is 62.3 cm³/mol. The number of aromatic carboxylic acids is 1. The molecule has 2 N–H and O–H groups in total. The third-order valence-corrected chi connectivity index (χ3v) is 3.00. The van der Waals surface area contributed by atoms with Crippen LogP contribution in [0.1, 0.15) is 17.4 Å². The summed E-state index contributed by atoms with van der Waals surface area (Å²) in [5, 5.41) is 13.0. The first-order valence-corrected chi connectivity index (χ1v) is 5.57. The van der Waals surface area contributed by atoms with Crippen LogP contribution in [0.15, 0.2) is 22.8 Å². The summed E-state index contributed by atoms with van der Waals surface area (Å²) < 4.78 is 2.16. The van der Waals surface area contributed by atoms with E-state index in [-0.39, 0.29) is 5.69 Å². The second-order valence-corrected chi connectivity index (χ2v) is 4.01. The molecule has 0 fully saturated rings. The van der Waals surface area contributed by atoms with Crippen molar-refractivity contribution in [2.45, 2.75) is 13.5 Å². The summed E-state index contributed by atoms with van der Waals surface area (Å²) in [5.74, 6) is -1.04. The highest BCUT2D eigenvalue weighted by molar-refractivity contribution is 9.10. The van der Waals surface area contributed by atoms with Gasteiger partial charge in [-0.2, -0.15) is 5.10 Å². The van der Waals surface area contributed by atoms with Crippen LogP contribution < -0.4 is 0 Å². The molecular formula is C10H10BrN3O2. The van der Waals surface area contributed by atoms with Crippen LogP contribution in [0.2, 0.25) is 0 Å². The summed E-state index contributed by atoms with van der Waals surface area (Å²) in [6.07, 6.45) is 1.79. The number of H-pyrrole nitrogens is 1. The Morgan fingerprint density at radius 3 is 2.94 bits per heavy atom. The molecule has 0 aliphatic heterocycles. The van der Waals surface area contributed by atoms with Crippen molar-refractivity contribution in [1.29, 1.82) is 0 Å². The van der Waals surface area contributed by atoms with Gasteiger partial charge in [-0.25, -0.2) is 4.79 Å². The minimum absolute atomic E-state index is 0.0337. The molecule has 0 amide bonds. The van der Waals surface area contributed by atoms with Gasteiger partial charge in [0.15, 0.2) is 5.69 Å². The molecule has 0 unspecified atom stereocenters. The van der Waals surface area contributed by atoms with Gasteiger partial charge >= 0.3 is 5.97 Å². The van der Waals surface area contributed by atoms with Crippen molar-refractivity contribution in [2.75, 3.05) is 0 Å².